The highest BCUT2D eigenvalue weighted by molar-refractivity contribution is 6.32. The molecule has 1 fully saturated rings. The van der Waals surface area contributed by atoms with E-state index in [1.807, 2.05) is 71.7 Å². The number of nitrogens with zero attached hydrogens (tertiary/aromatic N) is 3. The lowest BCUT2D eigenvalue weighted by Gasteiger charge is -2.33. The van der Waals surface area contributed by atoms with Gasteiger partial charge in [-0.25, -0.2) is 0 Å². The molecule has 1 N–H and O–H groups in total. The minimum Gasteiger partial charge on any atom is -0.480 e. The Labute approximate surface area is 221 Å². The van der Waals surface area contributed by atoms with Crippen LogP contribution in [0, 0.1) is 22.7 Å². The van der Waals surface area contributed by atoms with Crippen molar-refractivity contribution in [1.82, 2.24) is 4.90 Å². The summed E-state index contributed by atoms with van der Waals surface area (Å²) in [6.45, 7) is 0.944. The van der Waals surface area contributed by atoms with Crippen LogP contribution in [0.15, 0.2) is 60.7 Å². The summed E-state index contributed by atoms with van der Waals surface area (Å²) in [5.74, 6) is -0.452. The van der Waals surface area contributed by atoms with Crippen LogP contribution >= 0.6 is 11.6 Å². The molecule has 0 radical (unpaired) electrons. The van der Waals surface area contributed by atoms with E-state index >= 15 is 0 Å². The number of hydrogen-bond donors (Lipinski definition) is 1. The van der Waals surface area contributed by atoms with E-state index in [1.165, 1.54) is 0 Å². The lowest BCUT2D eigenvalue weighted by molar-refractivity contribution is -0.144. The average molecular weight is 512 g/mol. The van der Waals surface area contributed by atoms with Crippen molar-refractivity contribution >= 4 is 29.7 Å². The Morgan fingerprint density at radius 2 is 1.86 bits per heavy atom. The first kappa shape index (κ1) is 26.0. The zero-order chi connectivity index (χ0) is 26.2. The molecule has 3 aromatic carbocycles. The Balaban J connectivity index is 1.73. The van der Waals surface area contributed by atoms with Gasteiger partial charge in [-0.2, -0.15) is 10.5 Å². The van der Waals surface area contributed by atoms with Crippen LogP contribution in [0.5, 0.6) is 5.75 Å². The molecule has 0 aliphatic carbocycles. The minimum absolute atomic E-state index is 0.146. The Bertz CT molecular complexity index is 1390. The lowest BCUT2D eigenvalue weighted by Crippen LogP contribution is -2.44. The Morgan fingerprint density at radius 3 is 2.59 bits per heavy atom. The number of hydrogen-bond acceptors (Lipinski definition) is 5. The van der Waals surface area contributed by atoms with Crippen molar-refractivity contribution in [2.75, 3.05) is 13.2 Å². The smallest absolute Gasteiger partial charge is 0.320 e. The maximum atomic E-state index is 11.8. The van der Waals surface area contributed by atoms with Gasteiger partial charge in [-0.05, 0) is 53.8 Å². The highest BCUT2D eigenvalue weighted by atomic mass is 35.5. The SMILES string of the molecule is N#CCOc1cc(/C=C/c2cccc(-c3ccccc3)c2C#N)c(CN2CCCCC2C(=O)O)cc1Cl. The number of rotatable bonds is 8. The Morgan fingerprint density at radius 1 is 1.08 bits per heavy atom. The van der Waals surface area contributed by atoms with Crippen LogP contribution in [0.25, 0.3) is 23.3 Å². The number of benzene rings is 3. The number of nitriles is 2. The van der Waals surface area contributed by atoms with Gasteiger partial charge in [-0.1, -0.05) is 78.7 Å². The van der Waals surface area contributed by atoms with E-state index in [0.29, 0.717) is 35.8 Å². The van der Waals surface area contributed by atoms with E-state index in [1.54, 1.807) is 12.1 Å². The standard InChI is InChI=1S/C30H26ClN3O3/c31-27-17-24(20-34-15-5-4-11-28(34)30(35)36)23(18-29(27)37-16-14-32)13-12-22-9-6-10-25(26(22)19-33)21-7-2-1-3-8-21/h1-3,6-10,12-13,17-18,28H,4-5,11,15-16,20H2,(H,35,36)/b13-12+. The molecule has 6 nitrogen and oxygen atoms in total. The predicted octanol–water partition coefficient (Wildman–Crippen LogP) is 6.39. The van der Waals surface area contributed by atoms with Crippen molar-refractivity contribution in [3.8, 4) is 29.0 Å². The quantitative estimate of drug-likeness (QED) is 0.352. The van der Waals surface area contributed by atoms with E-state index in [-0.39, 0.29) is 6.61 Å². The van der Waals surface area contributed by atoms with Crippen LogP contribution in [-0.4, -0.2) is 35.2 Å². The van der Waals surface area contributed by atoms with Crippen LogP contribution in [0.4, 0.5) is 0 Å². The lowest BCUT2D eigenvalue weighted by atomic mass is 9.95. The number of ether oxygens (including phenoxy) is 1. The normalized spacial score (nSPS) is 15.7. The molecule has 1 aliphatic heterocycles. The van der Waals surface area contributed by atoms with Crippen molar-refractivity contribution < 1.29 is 14.6 Å². The summed E-state index contributed by atoms with van der Waals surface area (Å²) in [6, 6.07) is 22.7. The van der Waals surface area contributed by atoms with E-state index in [4.69, 9.17) is 21.6 Å². The first-order valence-electron chi connectivity index (χ1n) is 12.1. The van der Waals surface area contributed by atoms with Gasteiger partial charge in [0.05, 0.1) is 10.6 Å². The Kier molecular flexibility index (Phi) is 8.59. The van der Waals surface area contributed by atoms with Crippen molar-refractivity contribution in [2.45, 2.75) is 31.8 Å². The summed E-state index contributed by atoms with van der Waals surface area (Å²) in [4.78, 5) is 13.8. The number of carboxylic acid groups (broad SMARTS) is 1. The van der Waals surface area contributed by atoms with Gasteiger partial charge in [-0.15, -0.1) is 0 Å². The molecular weight excluding hydrogens is 486 g/mol. The van der Waals surface area contributed by atoms with Gasteiger partial charge in [0.2, 0.25) is 0 Å². The molecular formula is C30H26ClN3O3. The first-order chi connectivity index (χ1) is 18.0. The number of halogens is 1. The van der Waals surface area contributed by atoms with Crippen molar-refractivity contribution in [3.05, 3.63) is 87.9 Å². The fraction of sp³-hybridized carbons (Fsp3) is 0.233. The van der Waals surface area contributed by atoms with Gasteiger partial charge in [0, 0.05) is 12.1 Å². The molecule has 4 rings (SSSR count). The van der Waals surface area contributed by atoms with Crippen molar-refractivity contribution in [3.63, 3.8) is 0 Å². The zero-order valence-electron chi connectivity index (χ0n) is 20.2. The third-order valence-electron chi connectivity index (χ3n) is 6.49. The Hall–Kier alpha value is -4.10. The molecule has 37 heavy (non-hydrogen) atoms. The number of aliphatic carboxylic acids is 1. The maximum absolute atomic E-state index is 11.8. The predicted molar refractivity (Wildman–Crippen MR) is 144 cm³/mol. The van der Waals surface area contributed by atoms with Gasteiger partial charge in [0.25, 0.3) is 0 Å². The molecule has 0 aromatic heterocycles. The van der Waals surface area contributed by atoms with Crippen LogP contribution < -0.4 is 4.74 Å². The van der Waals surface area contributed by atoms with E-state index in [9.17, 15) is 15.2 Å². The van der Waals surface area contributed by atoms with Gasteiger partial charge in [0.15, 0.2) is 6.61 Å². The van der Waals surface area contributed by atoms with Gasteiger partial charge < -0.3 is 9.84 Å². The molecule has 186 valence electrons. The molecule has 1 atom stereocenters. The fourth-order valence-corrected chi connectivity index (χ4v) is 4.91. The van der Waals surface area contributed by atoms with Crippen LogP contribution in [-0.2, 0) is 11.3 Å². The molecule has 3 aromatic rings. The second-order valence-corrected chi connectivity index (χ2v) is 9.24. The molecule has 1 saturated heterocycles. The summed E-state index contributed by atoms with van der Waals surface area (Å²) < 4.78 is 5.52. The highest BCUT2D eigenvalue weighted by Gasteiger charge is 2.29. The second-order valence-electron chi connectivity index (χ2n) is 8.83. The van der Waals surface area contributed by atoms with E-state index in [2.05, 4.69) is 6.07 Å². The topological polar surface area (TPSA) is 97.4 Å². The number of piperidine rings is 1. The number of carboxylic acids is 1. The second kappa shape index (κ2) is 12.2. The number of carbonyl (C=O) groups is 1. The van der Waals surface area contributed by atoms with Crippen molar-refractivity contribution in [2.24, 2.45) is 0 Å². The molecule has 1 unspecified atom stereocenters. The molecule has 0 amide bonds. The van der Waals surface area contributed by atoms with Gasteiger partial charge in [-0.3, -0.25) is 9.69 Å². The molecule has 0 bridgehead atoms. The monoisotopic (exact) mass is 511 g/mol. The minimum atomic E-state index is -0.826. The summed E-state index contributed by atoms with van der Waals surface area (Å²) in [5, 5.41) is 29.0. The largest absolute Gasteiger partial charge is 0.480 e. The highest BCUT2D eigenvalue weighted by Crippen LogP contribution is 2.33. The van der Waals surface area contributed by atoms with Crippen LogP contribution in [0.1, 0.15) is 41.5 Å². The first-order valence-corrected chi connectivity index (χ1v) is 12.4. The molecule has 0 spiro atoms. The third kappa shape index (κ3) is 6.19. The summed E-state index contributed by atoms with van der Waals surface area (Å²) in [6.07, 6.45) is 6.18. The van der Waals surface area contributed by atoms with Gasteiger partial charge in [0.1, 0.15) is 23.9 Å². The summed E-state index contributed by atoms with van der Waals surface area (Å²) in [5.41, 5.74) is 4.74. The molecule has 0 saturated carbocycles. The van der Waals surface area contributed by atoms with Gasteiger partial charge >= 0.3 is 5.97 Å². The van der Waals surface area contributed by atoms with Crippen LogP contribution in [0.2, 0.25) is 5.02 Å². The average Bonchev–Trinajstić information content (AvgIpc) is 2.92. The summed E-state index contributed by atoms with van der Waals surface area (Å²) >= 11 is 6.47. The van der Waals surface area contributed by atoms with Crippen LogP contribution in [0.3, 0.4) is 0 Å². The summed E-state index contributed by atoms with van der Waals surface area (Å²) in [7, 11) is 0. The maximum Gasteiger partial charge on any atom is 0.320 e. The molecule has 1 heterocycles. The third-order valence-corrected chi connectivity index (χ3v) is 6.79. The van der Waals surface area contributed by atoms with E-state index in [0.717, 1.165) is 40.7 Å². The van der Waals surface area contributed by atoms with Crippen molar-refractivity contribution in [1.29, 1.82) is 10.5 Å². The fourth-order valence-electron chi connectivity index (χ4n) is 4.67. The molecule has 7 heteroatoms. The molecule has 1 aliphatic rings. The number of likely N-dealkylation sites (tertiary alicyclic amines) is 1. The van der Waals surface area contributed by atoms with E-state index < -0.39 is 12.0 Å². The zero-order valence-corrected chi connectivity index (χ0v) is 21.0.